The second-order valence-electron chi connectivity index (χ2n) is 4.04. The molecule has 1 aromatic rings. The van der Waals surface area contributed by atoms with Crippen LogP contribution >= 0.6 is 11.6 Å². The highest BCUT2D eigenvalue weighted by molar-refractivity contribution is 6.29. The van der Waals surface area contributed by atoms with Crippen LogP contribution in [-0.4, -0.2) is 16.8 Å². The lowest BCUT2D eigenvalue weighted by atomic mass is 9.90. The van der Waals surface area contributed by atoms with Gasteiger partial charge in [0.25, 0.3) is 0 Å². The first-order valence-electron chi connectivity index (χ1n) is 5.30. The Hall–Kier alpha value is -1.86. The Balaban J connectivity index is 2.29. The van der Waals surface area contributed by atoms with E-state index in [4.69, 9.17) is 21.6 Å². The van der Waals surface area contributed by atoms with Crippen LogP contribution in [0.25, 0.3) is 0 Å². The Morgan fingerprint density at radius 3 is 3.00 bits per heavy atom. The van der Waals surface area contributed by atoms with Crippen molar-refractivity contribution in [2.24, 2.45) is 0 Å². The summed E-state index contributed by atoms with van der Waals surface area (Å²) in [5, 5.41) is 9.23. The lowest BCUT2D eigenvalue weighted by Crippen LogP contribution is -2.40. The molecule has 1 heterocycles. The molecule has 0 spiro atoms. The smallest absolute Gasteiger partial charge is 0.215 e. The van der Waals surface area contributed by atoms with Gasteiger partial charge in [0.2, 0.25) is 5.88 Å². The Labute approximate surface area is 109 Å². The van der Waals surface area contributed by atoms with Gasteiger partial charge >= 0.3 is 0 Å². The molecule has 2 unspecified atom stereocenters. The molecule has 0 N–H and O–H groups in total. The molecular weight excluding hydrogens is 255 g/mol. The van der Waals surface area contributed by atoms with Crippen LogP contribution in [0.3, 0.4) is 0 Å². The van der Waals surface area contributed by atoms with Gasteiger partial charge in [-0.05, 0) is 25.1 Å². The van der Waals surface area contributed by atoms with Crippen LogP contribution < -0.4 is 4.74 Å². The Kier molecular flexibility index (Phi) is 3.35. The summed E-state index contributed by atoms with van der Waals surface area (Å²) in [5.41, 5.74) is -1.55. The minimum atomic E-state index is -1.76. The first kappa shape index (κ1) is 12.6. The van der Waals surface area contributed by atoms with Crippen molar-refractivity contribution in [2.75, 3.05) is 0 Å². The van der Waals surface area contributed by atoms with Gasteiger partial charge in [0.1, 0.15) is 5.15 Å². The molecule has 0 amide bonds. The highest BCUT2D eigenvalue weighted by atomic mass is 35.5. The number of hydrogen-bond donors (Lipinski definition) is 0. The fraction of sp³-hybridized carbons (Fsp3) is 0.231. The van der Waals surface area contributed by atoms with Crippen LogP contribution in [0.5, 0.6) is 5.88 Å². The van der Waals surface area contributed by atoms with Gasteiger partial charge in [-0.25, -0.2) is 9.37 Å². The zero-order chi connectivity index (χ0) is 13.2. The predicted octanol–water partition coefficient (Wildman–Crippen LogP) is 3.23. The summed E-state index contributed by atoms with van der Waals surface area (Å²) in [6.07, 6.45) is 3.36. The second-order valence-corrected chi connectivity index (χ2v) is 4.43. The largest absolute Gasteiger partial charge is 0.465 e. The molecule has 1 aliphatic carbocycles. The van der Waals surface area contributed by atoms with Crippen LogP contribution in [0.1, 0.15) is 6.92 Å². The molecule has 0 aromatic carbocycles. The fourth-order valence-corrected chi connectivity index (χ4v) is 1.83. The van der Waals surface area contributed by atoms with Gasteiger partial charge in [0.05, 0.1) is 11.6 Å². The maximum Gasteiger partial charge on any atom is 0.215 e. The molecule has 1 aliphatic rings. The molecule has 0 aliphatic heterocycles. The van der Waals surface area contributed by atoms with E-state index in [0.29, 0.717) is 0 Å². The average molecular weight is 265 g/mol. The second kappa shape index (κ2) is 4.79. The number of nitriles is 1. The molecule has 92 valence electrons. The van der Waals surface area contributed by atoms with E-state index in [1.807, 2.05) is 6.07 Å². The summed E-state index contributed by atoms with van der Waals surface area (Å²) < 4.78 is 19.7. The number of alkyl halides is 1. The normalized spacial score (nSPS) is 26.3. The summed E-state index contributed by atoms with van der Waals surface area (Å²) in [7, 11) is 0. The predicted molar refractivity (Wildman–Crippen MR) is 66.0 cm³/mol. The molecule has 3 nitrogen and oxygen atoms in total. The molecule has 2 atom stereocenters. The molecule has 0 radical (unpaired) electrons. The van der Waals surface area contributed by atoms with E-state index in [2.05, 4.69) is 4.98 Å². The van der Waals surface area contributed by atoms with E-state index >= 15 is 0 Å². The number of nitrogens with zero attached hydrogens (tertiary/aromatic N) is 2. The molecule has 1 aromatic heterocycles. The number of hydrogen-bond acceptors (Lipinski definition) is 3. The van der Waals surface area contributed by atoms with Crippen molar-refractivity contribution in [3.05, 3.63) is 47.2 Å². The molecule has 5 heteroatoms. The minimum Gasteiger partial charge on any atom is -0.465 e. The lowest BCUT2D eigenvalue weighted by Gasteiger charge is -2.29. The highest BCUT2D eigenvalue weighted by Gasteiger charge is 2.38. The van der Waals surface area contributed by atoms with E-state index in [0.717, 1.165) is 0 Å². The topological polar surface area (TPSA) is 45.9 Å². The average Bonchev–Trinajstić information content (AvgIpc) is 2.31. The van der Waals surface area contributed by atoms with Crippen molar-refractivity contribution in [1.82, 2.24) is 4.98 Å². The monoisotopic (exact) mass is 264 g/mol. The van der Waals surface area contributed by atoms with Crippen molar-refractivity contribution >= 4 is 11.6 Å². The standard InChI is InChI=1S/C13H10ClFN2O/c1-13(15)7-3-4-9(8-16)12(13)18-11-6-2-5-10(14)17-11/h2-7,12H,1H3. The number of allylic oxidation sites excluding steroid dienone is 2. The number of halogens is 2. The van der Waals surface area contributed by atoms with Gasteiger partial charge in [-0.1, -0.05) is 23.7 Å². The third kappa shape index (κ3) is 2.52. The van der Waals surface area contributed by atoms with E-state index in [1.54, 1.807) is 18.2 Å². The van der Waals surface area contributed by atoms with Crippen molar-refractivity contribution in [3.8, 4) is 11.9 Å². The van der Waals surface area contributed by atoms with Gasteiger partial charge in [0.15, 0.2) is 11.8 Å². The van der Waals surface area contributed by atoms with Gasteiger partial charge in [-0.2, -0.15) is 5.26 Å². The molecule has 0 bridgehead atoms. The first-order valence-corrected chi connectivity index (χ1v) is 5.68. The van der Waals surface area contributed by atoms with Gasteiger partial charge < -0.3 is 4.74 Å². The summed E-state index contributed by atoms with van der Waals surface area (Å²) in [5.74, 6) is 0.188. The van der Waals surface area contributed by atoms with Crippen LogP contribution in [0.4, 0.5) is 4.39 Å². The maximum absolute atomic E-state index is 14.3. The Morgan fingerprint density at radius 2 is 2.33 bits per heavy atom. The zero-order valence-corrected chi connectivity index (χ0v) is 10.4. The first-order chi connectivity index (χ1) is 8.53. The summed E-state index contributed by atoms with van der Waals surface area (Å²) in [6, 6.07) is 6.73. The quantitative estimate of drug-likeness (QED) is 0.771. The summed E-state index contributed by atoms with van der Waals surface area (Å²) >= 11 is 5.73. The van der Waals surface area contributed by atoms with E-state index in [-0.39, 0.29) is 16.6 Å². The zero-order valence-electron chi connectivity index (χ0n) is 9.60. The highest BCUT2D eigenvalue weighted by Crippen LogP contribution is 2.30. The molecular formula is C13H10ClFN2O. The van der Waals surface area contributed by atoms with Crippen LogP contribution in [0, 0.1) is 11.3 Å². The maximum atomic E-state index is 14.3. The third-order valence-corrected chi connectivity index (χ3v) is 2.76. The van der Waals surface area contributed by atoms with Crippen molar-refractivity contribution < 1.29 is 9.13 Å². The molecule has 18 heavy (non-hydrogen) atoms. The fourth-order valence-electron chi connectivity index (χ4n) is 1.67. The van der Waals surface area contributed by atoms with Gasteiger partial charge in [-0.15, -0.1) is 0 Å². The van der Waals surface area contributed by atoms with Crippen molar-refractivity contribution in [1.29, 1.82) is 5.26 Å². The molecule has 2 rings (SSSR count). The molecule has 0 saturated heterocycles. The van der Waals surface area contributed by atoms with E-state index in [1.165, 1.54) is 25.2 Å². The number of pyridine rings is 1. The van der Waals surface area contributed by atoms with Crippen molar-refractivity contribution in [3.63, 3.8) is 0 Å². The van der Waals surface area contributed by atoms with Crippen molar-refractivity contribution in [2.45, 2.75) is 18.7 Å². The summed E-state index contributed by atoms with van der Waals surface area (Å²) in [4.78, 5) is 3.92. The van der Waals surface area contributed by atoms with Crippen LogP contribution in [0.15, 0.2) is 42.0 Å². The Bertz CT molecular complexity index is 560. The van der Waals surface area contributed by atoms with E-state index in [9.17, 15) is 4.39 Å². The number of rotatable bonds is 2. The van der Waals surface area contributed by atoms with Gasteiger partial charge in [0, 0.05) is 6.07 Å². The molecule has 0 fully saturated rings. The summed E-state index contributed by atoms with van der Waals surface area (Å²) in [6.45, 7) is 1.35. The lowest BCUT2D eigenvalue weighted by molar-refractivity contribution is 0.0808. The van der Waals surface area contributed by atoms with Crippen LogP contribution in [0.2, 0.25) is 5.15 Å². The third-order valence-electron chi connectivity index (χ3n) is 2.55. The number of ether oxygens (including phenoxy) is 1. The molecule has 0 saturated carbocycles. The van der Waals surface area contributed by atoms with Gasteiger partial charge in [-0.3, -0.25) is 0 Å². The minimum absolute atomic E-state index is 0.188. The SMILES string of the molecule is CC1(F)C=CC=C(C#N)C1Oc1cccc(Cl)n1. The Morgan fingerprint density at radius 1 is 1.56 bits per heavy atom. The van der Waals surface area contributed by atoms with E-state index < -0.39 is 11.8 Å². The number of aromatic nitrogens is 1. The van der Waals surface area contributed by atoms with Crippen LogP contribution in [-0.2, 0) is 0 Å².